The van der Waals surface area contributed by atoms with Gasteiger partial charge in [-0.05, 0) is 45.6 Å². The highest BCUT2D eigenvalue weighted by molar-refractivity contribution is 5.95. The van der Waals surface area contributed by atoms with Crippen LogP contribution >= 0.6 is 0 Å². The maximum Gasteiger partial charge on any atom is 0.255 e. The van der Waals surface area contributed by atoms with Gasteiger partial charge < -0.3 is 23.5 Å². The number of likely N-dealkylation sites (tertiary alicyclic amines) is 1. The first-order valence-corrected chi connectivity index (χ1v) is 11.3. The van der Waals surface area contributed by atoms with Crippen LogP contribution in [0.1, 0.15) is 72.0 Å². The van der Waals surface area contributed by atoms with Gasteiger partial charge in [0.2, 0.25) is 5.89 Å². The molecular formula is C23H34N4O4. The Labute approximate surface area is 183 Å². The summed E-state index contributed by atoms with van der Waals surface area (Å²) in [7, 11) is 1.69. The van der Waals surface area contributed by atoms with Crippen LogP contribution in [0.25, 0.3) is 0 Å². The Morgan fingerprint density at radius 1 is 1.32 bits per heavy atom. The number of hydrogen-bond donors (Lipinski definition) is 0. The predicted octanol–water partition coefficient (Wildman–Crippen LogP) is 3.22. The van der Waals surface area contributed by atoms with Crippen LogP contribution in [0.3, 0.4) is 0 Å². The lowest BCUT2D eigenvalue weighted by Gasteiger charge is -2.38. The molecule has 1 unspecified atom stereocenters. The van der Waals surface area contributed by atoms with Gasteiger partial charge in [0.1, 0.15) is 0 Å². The van der Waals surface area contributed by atoms with E-state index in [9.17, 15) is 4.79 Å². The molecule has 31 heavy (non-hydrogen) atoms. The van der Waals surface area contributed by atoms with Crippen molar-refractivity contribution >= 4 is 5.91 Å². The molecule has 0 saturated carbocycles. The molecule has 0 spiro atoms. The Morgan fingerprint density at radius 3 is 2.84 bits per heavy atom. The molecule has 2 fully saturated rings. The summed E-state index contributed by atoms with van der Waals surface area (Å²) in [6.07, 6.45) is 3.70. The third-order valence-electron chi connectivity index (χ3n) is 6.86. The van der Waals surface area contributed by atoms with Gasteiger partial charge in [0, 0.05) is 62.7 Å². The van der Waals surface area contributed by atoms with E-state index in [2.05, 4.69) is 16.6 Å². The number of ether oxygens (including phenoxy) is 2. The Kier molecular flexibility index (Phi) is 6.48. The Bertz CT molecular complexity index is 915. The van der Waals surface area contributed by atoms with Crippen LogP contribution in [0, 0.1) is 13.8 Å². The normalized spacial score (nSPS) is 22.8. The standard InChI is InChI=1S/C23H34N4O4/c1-16-14-19(17(2)27(16)10-13-29-4)21(28)26-9-5-8-23(3,15-26)22-24-20(31-25-22)18-6-11-30-12-7-18/h14,18H,5-13,15H2,1-4H3. The van der Waals surface area contributed by atoms with Gasteiger partial charge in [0.05, 0.1) is 12.2 Å². The molecule has 0 aromatic carbocycles. The second-order valence-corrected chi connectivity index (χ2v) is 9.16. The van der Waals surface area contributed by atoms with Crippen molar-refractivity contribution in [3.63, 3.8) is 0 Å². The zero-order chi connectivity index (χ0) is 22.0. The van der Waals surface area contributed by atoms with Gasteiger partial charge in [-0.15, -0.1) is 0 Å². The lowest BCUT2D eigenvalue weighted by atomic mass is 9.81. The number of carbonyl (C=O) groups is 1. The highest BCUT2D eigenvalue weighted by atomic mass is 16.5. The lowest BCUT2D eigenvalue weighted by molar-refractivity contribution is 0.0641. The summed E-state index contributed by atoms with van der Waals surface area (Å²) in [6, 6.07) is 2.00. The number of aromatic nitrogens is 3. The van der Waals surface area contributed by atoms with Gasteiger partial charge in [-0.3, -0.25) is 4.79 Å². The van der Waals surface area contributed by atoms with Crippen molar-refractivity contribution < 1.29 is 18.8 Å². The number of amides is 1. The zero-order valence-corrected chi connectivity index (χ0v) is 19.1. The fraction of sp³-hybridized carbons (Fsp3) is 0.696. The van der Waals surface area contributed by atoms with Crippen molar-refractivity contribution in [2.45, 2.75) is 64.3 Å². The molecular weight excluding hydrogens is 396 g/mol. The molecule has 1 atom stereocenters. The zero-order valence-electron chi connectivity index (χ0n) is 19.1. The van der Waals surface area contributed by atoms with E-state index in [1.165, 1.54) is 0 Å². The van der Waals surface area contributed by atoms with Gasteiger partial charge in [0.25, 0.3) is 5.91 Å². The summed E-state index contributed by atoms with van der Waals surface area (Å²) >= 11 is 0. The summed E-state index contributed by atoms with van der Waals surface area (Å²) in [5, 5.41) is 4.34. The number of aryl methyl sites for hydroxylation is 1. The summed E-state index contributed by atoms with van der Waals surface area (Å²) in [5.41, 5.74) is 2.54. The summed E-state index contributed by atoms with van der Waals surface area (Å²) < 4.78 is 18.5. The van der Waals surface area contributed by atoms with Crippen LogP contribution in [-0.4, -0.2) is 65.5 Å². The molecule has 4 rings (SSSR count). The van der Waals surface area contributed by atoms with Gasteiger partial charge in [-0.1, -0.05) is 12.1 Å². The number of hydrogen-bond acceptors (Lipinski definition) is 6. The molecule has 8 heteroatoms. The average molecular weight is 431 g/mol. The molecule has 2 aromatic rings. The Balaban J connectivity index is 1.50. The Hall–Kier alpha value is -2.19. The van der Waals surface area contributed by atoms with Crippen molar-refractivity contribution in [1.82, 2.24) is 19.6 Å². The molecule has 2 aliphatic heterocycles. The molecule has 2 aromatic heterocycles. The van der Waals surface area contributed by atoms with Crippen molar-refractivity contribution in [2.24, 2.45) is 0 Å². The van der Waals surface area contributed by atoms with Gasteiger partial charge in [-0.25, -0.2) is 0 Å². The average Bonchev–Trinajstić information content (AvgIpc) is 3.38. The number of methoxy groups -OCH3 is 1. The number of piperidine rings is 1. The third-order valence-corrected chi connectivity index (χ3v) is 6.86. The highest BCUT2D eigenvalue weighted by Gasteiger charge is 2.39. The molecule has 0 radical (unpaired) electrons. The second-order valence-electron chi connectivity index (χ2n) is 9.16. The topological polar surface area (TPSA) is 82.6 Å². The van der Waals surface area contributed by atoms with Crippen LogP contribution in [-0.2, 0) is 21.4 Å². The van der Waals surface area contributed by atoms with E-state index >= 15 is 0 Å². The minimum absolute atomic E-state index is 0.0795. The first kappa shape index (κ1) is 22.0. The van der Waals surface area contributed by atoms with Gasteiger partial charge in [-0.2, -0.15) is 4.98 Å². The minimum atomic E-state index is -0.303. The molecule has 4 heterocycles. The van der Waals surface area contributed by atoms with E-state index in [4.69, 9.17) is 19.0 Å². The van der Waals surface area contributed by atoms with Gasteiger partial charge in [0.15, 0.2) is 5.82 Å². The molecule has 170 valence electrons. The van der Waals surface area contributed by atoms with E-state index in [1.807, 2.05) is 24.8 Å². The van der Waals surface area contributed by atoms with Crippen LogP contribution in [0.4, 0.5) is 0 Å². The summed E-state index contributed by atoms with van der Waals surface area (Å²) in [5.74, 6) is 1.79. The molecule has 1 amide bonds. The Morgan fingerprint density at radius 2 is 2.10 bits per heavy atom. The first-order chi connectivity index (χ1) is 14.9. The van der Waals surface area contributed by atoms with E-state index in [0.29, 0.717) is 19.0 Å². The maximum absolute atomic E-state index is 13.4. The van der Waals surface area contributed by atoms with Crippen molar-refractivity contribution in [3.05, 3.63) is 34.7 Å². The van der Waals surface area contributed by atoms with Crippen LogP contribution in [0.5, 0.6) is 0 Å². The van der Waals surface area contributed by atoms with Crippen molar-refractivity contribution in [2.75, 3.05) is 40.0 Å². The van der Waals surface area contributed by atoms with Gasteiger partial charge >= 0.3 is 0 Å². The lowest BCUT2D eigenvalue weighted by Crippen LogP contribution is -2.47. The van der Waals surface area contributed by atoms with Crippen LogP contribution in [0.15, 0.2) is 10.6 Å². The highest BCUT2D eigenvalue weighted by Crippen LogP contribution is 2.35. The number of carbonyl (C=O) groups excluding carboxylic acids is 1. The van der Waals surface area contributed by atoms with Crippen molar-refractivity contribution in [3.8, 4) is 0 Å². The molecule has 2 aliphatic rings. The summed E-state index contributed by atoms with van der Waals surface area (Å²) in [4.78, 5) is 20.2. The predicted molar refractivity (Wildman–Crippen MR) is 115 cm³/mol. The molecule has 0 aliphatic carbocycles. The SMILES string of the molecule is COCCn1c(C)cc(C(=O)N2CCCC(C)(c3noc(C4CCOCC4)n3)C2)c1C. The van der Waals surface area contributed by atoms with Crippen LogP contribution in [0.2, 0.25) is 0 Å². The fourth-order valence-corrected chi connectivity index (χ4v) is 4.90. The van der Waals surface area contributed by atoms with E-state index in [0.717, 1.165) is 74.8 Å². The number of rotatable bonds is 6. The quantitative estimate of drug-likeness (QED) is 0.700. The first-order valence-electron chi connectivity index (χ1n) is 11.3. The minimum Gasteiger partial charge on any atom is -0.383 e. The van der Waals surface area contributed by atoms with E-state index in [1.54, 1.807) is 7.11 Å². The monoisotopic (exact) mass is 430 g/mol. The molecule has 0 N–H and O–H groups in total. The molecule has 8 nitrogen and oxygen atoms in total. The maximum atomic E-state index is 13.4. The van der Waals surface area contributed by atoms with Crippen LogP contribution < -0.4 is 0 Å². The van der Waals surface area contributed by atoms with Crippen molar-refractivity contribution in [1.29, 1.82) is 0 Å². The second kappa shape index (κ2) is 9.12. The summed E-state index contributed by atoms with van der Waals surface area (Å²) in [6.45, 7) is 10.4. The third kappa shape index (κ3) is 4.41. The van der Waals surface area contributed by atoms with E-state index < -0.39 is 0 Å². The smallest absolute Gasteiger partial charge is 0.255 e. The number of nitrogens with zero attached hydrogens (tertiary/aromatic N) is 4. The molecule has 0 bridgehead atoms. The molecule has 2 saturated heterocycles. The fourth-order valence-electron chi connectivity index (χ4n) is 4.90. The largest absolute Gasteiger partial charge is 0.383 e. The van der Waals surface area contributed by atoms with E-state index in [-0.39, 0.29) is 17.2 Å².